The Bertz CT molecular complexity index is 391. The Hall–Kier alpha value is -1.59. The van der Waals surface area contributed by atoms with E-state index in [0.29, 0.717) is 32.8 Å². The van der Waals surface area contributed by atoms with E-state index in [0.717, 1.165) is 11.3 Å². The van der Waals surface area contributed by atoms with Gasteiger partial charge in [-0.3, -0.25) is 0 Å². The van der Waals surface area contributed by atoms with Gasteiger partial charge in [0.05, 0.1) is 6.61 Å². The second-order valence-electron chi connectivity index (χ2n) is 4.18. The topological polar surface area (TPSA) is 70.8 Å². The van der Waals surface area contributed by atoms with E-state index in [-0.39, 0.29) is 5.97 Å². The number of ether oxygens (including phenoxy) is 3. The molecule has 0 saturated carbocycles. The predicted molar refractivity (Wildman–Crippen MR) is 76.7 cm³/mol. The van der Waals surface area contributed by atoms with E-state index < -0.39 is 6.10 Å². The molecule has 0 unspecified atom stereocenters. The maximum absolute atomic E-state index is 11.8. The van der Waals surface area contributed by atoms with Crippen molar-refractivity contribution in [2.45, 2.75) is 26.4 Å². The molecule has 0 aromatic heterocycles. The smallest absolute Gasteiger partial charge is 0.335 e. The van der Waals surface area contributed by atoms with Crippen molar-refractivity contribution in [1.82, 2.24) is 0 Å². The predicted octanol–water partition coefficient (Wildman–Crippen LogP) is 1.53. The van der Waals surface area contributed by atoms with Crippen LogP contribution in [-0.4, -0.2) is 38.4 Å². The summed E-state index contributed by atoms with van der Waals surface area (Å²) in [5, 5.41) is 0. The average Bonchev–Trinajstić information content (AvgIpc) is 2.46. The minimum Gasteiger partial charge on any atom is -0.492 e. The molecule has 0 saturated heterocycles. The van der Waals surface area contributed by atoms with Crippen molar-refractivity contribution in [1.29, 1.82) is 0 Å². The van der Waals surface area contributed by atoms with Gasteiger partial charge in [-0.15, -0.1) is 0 Å². The van der Waals surface area contributed by atoms with E-state index >= 15 is 0 Å². The van der Waals surface area contributed by atoms with Crippen LogP contribution in [0.15, 0.2) is 24.3 Å². The van der Waals surface area contributed by atoms with Crippen LogP contribution in [0.3, 0.4) is 0 Å². The number of hydrogen-bond donors (Lipinski definition) is 1. The minimum absolute atomic E-state index is 0.321. The van der Waals surface area contributed by atoms with E-state index in [1.165, 1.54) is 0 Å². The fourth-order valence-corrected chi connectivity index (χ4v) is 1.76. The lowest BCUT2D eigenvalue weighted by atomic mass is 10.1. The number of esters is 1. The molecular formula is C15H23NO4. The molecule has 0 amide bonds. The molecule has 112 valence electrons. The van der Waals surface area contributed by atoms with Gasteiger partial charge in [0, 0.05) is 19.6 Å². The van der Waals surface area contributed by atoms with Crippen molar-refractivity contribution in [3.05, 3.63) is 29.8 Å². The van der Waals surface area contributed by atoms with E-state index in [4.69, 9.17) is 19.9 Å². The average molecular weight is 281 g/mol. The highest BCUT2D eigenvalue weighted by atomic mass is 16.6. The third-order valence-corrected chi connectivity index (χ3v) is 2.65. The first-order valence-corrected chi connectivity index (χ1v) is 6.91. The van der Waals surface area contributed by atoms with Gasteiger partial charge in [0.25, 0.3) is 0 Å². The Morgan fingerprint density at radius 2 is 1.90 bits per heavy atom. The lowest BCUT2D eigenvalue weighted by Crippen LogP contribution is -2.28. The van der Waals surface area contributed by atoms with Gasteiger partial charge in [-0.25, -0.2) is 4.79 Å². The number of nitrogens with two attached hydrogens (primary N) is 1. The Kier molecular flexibility index (Phi) is 7.69. The molecule has 0 aliphatic rings. The molecule has 0 aliphatic heterocycles. The van der Waals surface area contributed by atoms with Crippen LogP contribution in [0, 0.1) is 0 Å². The van der Waals surface area contributed by atoms with E-state index in [1.54, 1.807) is 6.92 Å². The van der Waals surface area contributed by atoms with Crippen molar-refractivity contribution in [3.63, 3.8) is 0 Å². The van der Waals surface area contributed by atoms with Crippen LogP contribution in [-0.2, 0) is 20.7 Å². The molecule has 1 aromatic rings. The normalized spacial score (nSPS) is 11.9. The van der Waals surface area contributed by atoms with Gasteiger partial charge < -0.3 is 19.9 Å². The fourth-order valence-electron chi connectivity index (χ4n) is 1.76. The van der Waals surface area contributed by atoms with Gasteiger partial charge in [0.1, 0.15) is 12.4 Å². The summed E-state index contributed by atoms with van der Waals surface area (Å²) in [6, 6.07) is 7.55. The molecule has 0 heterocycles. The molecule has 5 nitrogen and oxygen atoms in total. The second-order valence-corrected chi connectivity index (χ2v) is 4.18. The molecule has 0 radical (unpaired) electrons. The van der Waals surface area contributed by atoms with Gasteiger partial charge in [-0.05, 0) is 31.5 Å². The van der Waals surface area contributed by atoms with Gasteiger partial charge in [0.2, 0.25) is 0 Å². The summed E-state index contributed by atoms with van der Waals surface area (Å²) >= 11 is 0. The zero-order chi connectivity index (χ0) is 14.8. The van der Waals surface area contributed by atoms with Gasteiger partial charge in [0.15, 0.2) is 6.10 Å². The number of benzene rings is 1. The first-order chi connectivity index (χ1) is 9.71. The molecule has 5 heteroatoms. The number of rotatable bonds is 9. The summed E-state index contributed by atoms with van der Waals surface area (Å²) in [5.74, 6) is 0.445. The SMILES string of the molecule is CCOC(=O)[C@H](Cc1ccc(OCCN)cc1)OCC. The van der Waals surface area contributed by atoms with Crippen molar-refractivity contribution in [3.8, 4) is 5.75 Å². The molecule has 0 fully saturated rings. The Morgan fingerprint density at radius 1 is 1.20 bits per heavy atom. The lowest BCUT2D eigenvalue weighted by molar-refractivity contribution is -0.156. The molecule has 0 spiro atoms. The second kappa shape index (κ2) is 9.34. The maximum Gasteiger partial charge on any atom is 0.335 e. The highest BCUT2D eigenvalue weighted by Gasteiger charge is 2.20. The number of carbonyl (C=O) groups excluding carboxylic acids is 1. The highest BCUT2D eigenvalue weighted by Crippen LogP contribution is 2.14. The first-order valence-electron chi connectivity index (χ1n) is 6.91. The zero-order valence-corrected chi connectivity index (χ0v) is 12.1. The van der Waals surface area contributed by atoms with Crippen LogP contribution in [0.2, 0.25) is 0 Å². The van der Waals surface area contributed by atoms with E-state index in [9.17, 15) is 4.79 Å². The molecule has 1 rings (SSSR count). The molecular weight excluding hydrogens is 258 g/mol. The largest absolute Gasteiger partial charge is 0.492 e. The van der Waals surface area contributed by atoms with Crippen molar-refractivity contribution in [2.24, 2.45) is 5.73 Å². The quantitative estimate of drug-likeness (QED) is 0.695. The summed E-state index contributed by atoms with van der Waals surface area (Å²) in [4.78, 5) is 11.8. The summed E-state index contributed by atoms with van der Waals surface area (Å²) in [5.41, 5.74) is 6.37. The van der Waals surface area contributed by atoms with E-state index in [1.807, 2.05) is 31.2 Å². The number of carbonyl (C=O) groups is 1. The van der Waals surface area contributed by atoms with Crippen molar-refractivity contribution < 1.29 is 19.0 Å². The van der Waals surface area contributed by atoms with Crippen LogP contribution >= 0.6 is 0 Å². The van der Waals surface area contributed by atoms with Crippen LogP contribution in [0.5, 0.6) is 5.75 Å². The molecule has 2 N–H and O–H groups in total. The lowest BCUT2D eigenvalue weighted by Gasteiger charge is -2.15. The monoisotopic (exact) mass is 281 g/mol. The zero-order valence-electron chi connectivity index (χ0n) is 12.1. The minimum atomic E-state index is -0.559. The molecule has 1 atom stereocenters. The highest BCUT2D eigenvalue weighted by molar-refractivity contribution is 5.75. The van der Waals surface area contributed by atoms with E-state index in [2.05, 4.69) is 0 Å². The Labute approximate surface area is 120 Å². The van der Waals surface area contributed by atoms with Gasteiger partial charge >= 0.3 is 5.97 Å². The van der Waals surface area contributed by atoms with Gasteiger partial charge in [-0.2, -0.15) is 0 Å². The van der Waals surface area contributed by atoms with Crippen molar-refractivity contribution in [2.75, 3.05) is 26.4 Å². The molecule has 20 heavy (non-hydrogen) atoms. The third-order valence-electron chi connectivity index (χ3n) is 2.65. The van der Waals surface area contributed by atoms with Crippen LogP contribution in [0.1, 0.15) is 19.4 Å². The standard InChI is InChI=1S/C15H23NO4/c1-3-18-14(15(17)19-4-2)11-12-5-7-13(8-6-12)20-10-9-16/h5-8,14H,3-4,9-11,16H2,1-2H3/t14-/m0/s1. The van der Waals surface area contributed by atoms with Crippen molar-refractivity contribution >= 4 is 5.97 Å². The fraction of sp³-hybridized carbons (Fsp3) is 0.533. The van der Waals surface area contributed by atoms with Crippen LogP contribution < -0.4 is 10.5 Å². The molecule has 0 aliphatic carbocycles. The summed E-state index contributed by atoms with van der Waals surface area (Å²) in [7, 11) is 0. The third kappa shape index (κ3) is 5.59. The summed E-state index contributed by atoms with van der Waals surface area (Å²) in [6.45, 7) is 5.44. The van der Waals surface area contributed by atoms with Crippen LogP contribution in [0.4, 0.5) is 0 Å². The van der Waals surface area contributed by atoms with Gasteiger partial charge in [-0.1, -0.05) is 12.1 Å². The first kappa shape index (κ1) is 16.5. The Morgan fingerprint density at radius 3 is 2.45 bits per heavy atom. The summed E-state index contributed by atoms with van der Waals surface area (Å²) in [6.07, 6.45) is -0.0696. The van der Waals surface area contributed by atoms with Crippen LogP contribution in [0.25, 0.3) is 0 Å². The maximum atomic E-state index is 11.8. The number of hydrogen-bond acceptors (Lipinski definition) is 5. The molecule has 0 bridgehead atoms. The molecule has 1 aromatic carbocycles. The summed E-state index contributed by atoms with van der Waals surface area (Å²) < 4.78 is 15.8. The Balaban J connectivity index is 2.61.